The van der Waals surface area contributed by atoms with Crippen LogP contribution in [0, 0.1) is 25.6 Å². The minimum absolute atomic E-state index is 0.116. The van der Waals surface area contributed by atoms with Crippen molar-refractivity contribution in [3.63, 3.8) is 0 Å². The van der Waals surface area contributed by atoms with E-state index in [0.717, 1.165) is 18.4 Å². The molecule has 0 radical (unpaired) electrons. The number of hydrogen-bond acceptors (Lipinski definition) is 2. The van der Waals surface area contributed by atoms with Crippen LogP contribution >= 0.6 is 0 Å². The molecule has 3 unspecified atom stereocenters. The van der Waals surface area contributed by atoms with E-state index >= 15 is 0 Å². The van der Waals surface area contributed by atoms with E-state index in [1.165, 1.54) is 0 Å². The highest BCUT2D eigenvalue weighted by atomic mass is 19.1. The SMILES string of the molecule is CCC1OCCC1C(O)c1cc(C)c(F)c(C)c1. The van der Waals surface area contributed by atoms with E-state index in [9.17, 15) is 9.50 Å². The number of benzene rings is 1. The van der Waals surface area contributed by atoms with Crippen molar-refractivity contribution in [3.8, 4) is 0 Å². The number of aliphatic hydroxyl groups excluding tert-OH is 1. The molecule has 0 aromatic heterocycles. The van der Waals surface area contributed by atoms with Crippen molar-refractivity contribution in [1.29, 1.82) is 0 Å². The summed E-state index contributed by atoms with van der Waals surface area (Å²) in [4.78, 5) is 0. The van der Waals surface area contributed by atoms with Gasteiger partial charge >= 0.3 is 0 Å². The molecule has 0 bridgehead atoms. The maximum atomic E-state index is 13.6. The molecule has 1 aliphatic heterocycles. The van der Waals surface area contributed by atoms with Crippen LogP contribution in [0.15, 0.2) is 12.1 Å². The van der Waals surface area contributed by atoms with Crippen molar-refractivity contribution < 1.29 is 14.2 Å². The van der Waals surface area contributed by atoms with E-state index in [1.54, 1.807) is 26.0 Å². The molecule has 0 spiro atoms. The Hall–Kier alpha value is -0.930. The highest BCUT2D eigenvalue weighted by Gasteiger charge is 2.33. The third kappa shape index (κ3) is 2.43. The van der Waals surface area contributed by atoms with E-state index in [2.05, 4.69) is 6.92 Å². The summed E-state index contributed by atoms with van der Waals surface area (Å²) < 4.78 is 19.2. The molecule has 2 nitrogen and oxygen atoms in total. The highest BCUT2D eigenvalue weighted by molar-refractivity contribution is 5.32. The topological polar surface area (TPSA) is 29.5 Å². The van der Waals surface area contributed by atoms with Crippen LogP contribution < -0.4 is 0 Å². The van der Waals surface area contributed by atoms with Gasteiger partial charge in [0, 0.05) is 12.5 Å². The third-order valence-corrected chi connectivity index (χ3v) is 3.87. The van der Waals surface area contributed by atoms with Gasteiger partial charge in [-0.2, -0.15) is 0 Å². The molecule has 18 heavy (non-hydrogen) atoms. The minimum atomic E-state index is -0.560. The summed E-state index contributed by atoms with van der Waals surface area (Å²) in [5.41, 5.74) is 1.99. The van der Waals surface area contributed by atoms with Gasteiger partial charge in [0.2, 0.25) is 0 Å². The molecule has 100 valence electrons. The Morgan fingerprint density at radius 1 is 1.39 bits per heavy atom. The maximum Gasteiger partial charge on any atom is 0.129 e. The lowest BCUT2D eigenvalue weighted by atomic mass is 9.88. The van der Waals surface area contributed by atoms with E-state index in [4.69, 9.17) is 4.74 Å². The number of aliphatic hydroxyl groups is 1. The summed E-state index contributed by atoms with van der Waals surface area (Å²) in [7, 11) is 0. The fourth-order valence-electron chi connectivity index (χ4n) is 2.84. The molecule has 1 aliphatic rings. The van der Waals surface area contributed by atoms with Crippen molar-refractivity contribution in [2.24, 2.45) is 5.92 Å². The second-order valence-corrected chi connectivity index (χ2v) is 5.18. The van der Waals surface area contributed by atoms with Crippen LogP contribution in [0.1, 0.15) is 42.6 Å². The molecule has 0 amide bonds. The van der Waals surface area contributed by atoms with Gasteiger partial charge in [0.1, 0.15) is 5.82 Å². The van der Waals surface area contributed by atoms with Crippen LogP contribution in [0.4, 0.5) is 4.39 Å². The van der Waals surface area contributed by atoms with Gasteiger partial charge in [-0.3, -0.25) is 0 Å². The van der Waals surface area contributed by atoms with Crippen LogP contribution in [0.2, 0.25) is 0 Å². The molecule has 1 aromatic carbocycles. The van der Waals surface area contributed by atoms with Gasteiger partial charge in [-0.1, -0.05) is 19.1 Å². The molecule has 3 heteroatoms. The zero-order chi connectivity index (χ0) is 13.3. The summed E-state index contributed by atoms with van der Waals surface area (Å²) in [5, 5.41) is 10.5. The van der Waals surface area contributed by atoms with Crippen molar-refractivity contribution >= 4 is 0 Å². The lowest BCUT2D eigenvalue weighted by Gasteiger charge is -2.23. The van der Waals surface area contributed by atoms with Crippen molar-refractivity contribution in [2.45, 2.75) is 45.8 Å². The second-order valence-electron chi connectivity index (χ2n) is 5.18. The van der Waals surface area contributed by atoms with E-state index in [1.807, 2.05) is 0 Å². The van der Waals surface area contributed by atoms with E-state index < -0.39 is 6.10 Å². The smallest absolute Gasteiger partial charge is 0.129 e. The Morgan fingerprint density at radius 2 is 2.00 bits per heavy atom. The van der Waals surface area contributed by atoms with Gasteiger partial charge in [-0.05, 0) is 43.4 Å². The first-order chi connectivity index (χ1) is 8.54. The monoisotopic (exact) mass is 252 g/mol. The summed E-state index contributed by atoms with van der Waals surface area (Å²) in [6.45, 7) is 6.25. The van der Waals surface area contributed by atoms with Crippen molar-refractivity contribution in [3.05, 3.63) is 34.6 Å². The first kappa shape index (κ1) is 13.5. The van der Waals surface area contributed by atoms with Crippen molar-refractivity contribution in [2.75, 3.05) is 6.61 Å². The molecule has 0 saturated carbocycles. The summed E-state index contributed by atoms with van der Waals surface area (Å²) in [6.07, 6.45) is 1.33. The molecular weight excluding hydrogens is 231 g/mol. The van der Waals surface area contributed by atoms with E-state index in [-0.39, 0.29) is 17.8 Å². The van der Waals surface area contributed by atoms with Crippen LogP contribution in [-0.2, 0) is 4.74 Å². The molecule has 2 rings (SSSR count). The Bertz CT molecular complexity index is 407. The molecule has 3 atom stereocenters. The fourth-order valence-corrected chi connectivity index (χ4v) is 2.84. The van der Waals surface area contributed by atoms with Gasteiger partial charge in [0.05, 0.1) is 12.2 Å². The largest absolute Gasteiger partial charge is 0.388 e. The van der Waals surface area contributed by atoms with Crippen LogP contribution in [0.25, 0.3) is 0 Å². The van der Waals surface area contributed by atoms with Crippen LogP contribution in [-0.4, -0.2) is 17.8 Å². The molecule has 1 heterocycles. The molecule has 1 N–H and O–H groups in total. The Labute approximate surface area is 108 Å². The number of ether oxygens (including phenoxy) is 1. The minimum Gasteiger partial charge on any atom is -0.388 e. The number of aryl methyl sites for hydroxylation is 2. The number of rotatable bonds is 3. The Balaban J connectivity index is 2.25. The third-order valence-electron chi connectivity index (χ3n) is 3.87. The van der Waals surface area contributed by atoms with Crippen molar-refractivity contribution in [1.82, 2.24) is 0 Å². The zero-order valence-corrected chi connectivity index (χ0v) is 11.2. The Morgan fingerprint density at radius 3 is 2.56 bits per heavy atom. The second kappa shape index (κ2) is 5.37. The first-order valence-corrected chi connectivity index (χ1v) is 6.61. The van der Waals surface area contributed by atoms with Gasteiger partial charge in [0.25, 0.3) is 0 Å². The summed E-state index contributed by atoms with van der Waals surface area (Å²) in [6, 6.07) is 3.50. The van der Waals surface area contributed by atoms with Gasteiger partial charge < -0.3 is 9.84 Å². The number of halogens is 1. The fraction of sp³-hybridized carbons (Fsp3) is 0.600. The maximum absolute atomic E-state index is 13.6. The Kier molecular flexibility index (Phi) is 4.03. The first-order valence-electron chi connectivity index (χ1n) is 6.61. The number of hydrogen-bond donors (Lipinski definition) is 1. The summed E-state index contributed by atoms with van der Waals surface area (Å²) in [5.74, 6) is -0.0556. The molecule has 0 aliphatic carbocycles. The van der Waals surface area contributed by atoms with Gasteiger partial charge in [0.15, 0.2) is 0 Å². The lowest BCUT2D eigenvalue weighted by Crippen LogP contribution is -2.22. The van der Waals surface area contributed by atoms with E-state index in [0.29, 0.717) is 17.7 Å². The van der Waals surface area contributed by atoms with Gasteiger partial charge in [-0.15, -0.1) is 0 Å². The predicted molar refractivity (Wildman–Crippen MR) is 69.0 cm³/mol. The standard InChI is InChI=1S/C15H21FO2/c1-4-13-12(5-6-18-13)15(17)11-7-9(2)14(16)10(3)8-11/h7-8,12-13,15,17H,4-6H2,1-3H3. The predicted octanol–water partition coefficient (Wildman–Crippen LogP) is 3.29. The quantitative estimate of drug-likeness (QED) is 0.894. The lowest BCUT2D eigenvalue weighted by molar-refractivity contribution is 0.0307. The summed E-state index contributed by atoms with van der Waals surface area (Å²) >= 11 is 0. The van der Waals surface area contributed by atoms with Crippen LogP contribution in [0.5, 0.6) is 0 Å². The molecule has 1 aromatic rings. The molecule has 1 fully saturated rings. The zero-order valence-electron chi connectivity index (χ0n) is 11.2. The normalized spacial score (nSPS) is 25.4. The highest BCUT2D eigenvalue weighted by Crippen LogP contribution is 2.35. The van der Waals surface area contributed by atoms with Crippen LogP contribution in [0.3, 0.4) is 0 Å². The molecule has 1 saturated heterocycles. The molecular formula is C15H21FO2. The van der Waals surface area contributed by atoms with Gasteiger partial charge in [-0.25, -0.2) is 4.39 Å². The average Bonchev–Trinajstić information content (AvgIpc) is 2.82. The average molecular weight is 252 g/mol.